The summed E-state index contributed by atoms with van der Waals surface area (Å²) in [4.78, 5) is 2.27. The summed E-state index contributed by atoms with van der Waals surface area (Å²) in [5, 5.41) is 0. The Balaban J connectivity index is 2.22. The third kappa shape index (κ3) is 2.60. The van der Waals surface area contributed by atoms with E-state index in [0.717, 1.165) is 4.90 Å². The molecule has 0 aromatic heterocycles. The van der Waals surface area contributed by atoms with Crippen molar-refractivity contribution < 1.29 is 4.39 Å². The molecule has 0 aliphatic carbocycles. The van der Waals surface area contributed by atoms with E-state index in [1.54, 1.807) is 23.9 Å². The van der Waals surface area contributed by atoms with Crippen LogP contribution in [-0.4, -0.2) is 0 Å². The van der Waals surface area contributed by atoms with Crippen molar-refractivity contribution in [2.24, 2.45) is 0 Å². The van der Waals surface area contributed by atoms with Gasteiger partial charge in [0.25, 0.3) is 0 Å². The van der Waals surface area contributed by atoms with Crippen LogP contribution in [0, 0.1) is 12.7 Å². The van der Waals surface area contributed by atoms with Crippen molar-refractivity contribution in [3.05, 3.63) is 59.9 Å². The largest absolute Gasteiger partial charge is 0.207 e. The molecule has 0 bridgehead atoms. The normalized spacial score (nSPS) is 10.3. The molecule has 0 heterocycles. The van der Waals surface area contributed by atoms with Gasteiger partial charge in [-0.15, -0.1) is 0 Å². The first kappa shape index (κ1) is 10.2. The fraction of sp³-hybridized carbons (Fsp3) is 0.0769. The van der Waals surface area contributed by atoms with Crippen molar-refractivity contribution >= 4 is 11.8 Å². The van der Waals surface area contributed by atoms with Crippen LogP contribution in [0.3, 0.4) is 0 Å². The van der Waals surface area contributed by atoms with Crippen molar-refractivity contribution in [3.63, 3.8) is 0 Å². The Labute approximate surface area is 93.1 Å². The molecule has 0 saturated carbocycles. The summed E-state index contributed by atoms with van der Waals surface area (Å²) in [6, 6.07) is 14.7. The van der Waals surface area contributed by atoms with E-state index in [0.29, 0.717) is 0 Å². The Morgan fingerprint density at radius 3 is 2.27 bits per heavy atom. The lowest BCUT2D eigenvalue weighted by Crippen LogP contribution is -1.79. The molecule has 0 unspecified atom stereocenters. The van der Waals surface area contributed by atoms with E-state index in [1.165, 1.54) is 22.6 Å². The Kier molecular flexibility index (Phi) is 3.07. The Hall–Kier alpha value is -1.28. The predicted molar refractivity (Wildman–Crippen MR) is 61.7 cm³/mol. The molecule has 0 amide bonds. The van der Waals surface area contributed by atoms with E-state index in [9.17, 15) is 4.39 Å². The lowest BCUT2D eigenvalue weighted by atomic mass is 10.2. The molecule has 0 aliphatic rings. The Morgan fingerprint density at radius 1 is 0.933 bits per heavy atom. The van der Waals surface area contributed by atoms with E-state index >= 15 is 0 Å². The first-order valence-electron chi connectivity index (χ1n) is 4.75. The highest BCUT2D eigenvalue weighted by Crippen LogP contribution is 2.29. The van der Waals surface area contributed by atoms with Gasteiger partial charge in [0, 0.05) is 9.79 Å². The second-order valence-electron chi connectivity index (χ2n) is 3.32. The quantitative estimate of drug-likeness (QED) is 0.724. The average Bonchev–Trinajstić information content (AvgIpc) is 2.25. The fourth-order valence-electron chi connectivity index (χ4n) is 1.30. The molecule has 0 aliphatic heterocycles. The number of halogens is 1. The third-order valence-corrected chi connectivity index (χ3v) is 3.32. The first-order valence-corrected chi connectivity index (χ1v) is 5.56. The van der Waals surface area contributed by atoms with Crippen LogP contribution < -0.4 is 0 Å². The maximum absolute atomic E-state index is 12.7. The van der Waals surface area contributed by atoms with Crippen LogP contribution in [0.25, 0.3) is 0 Å². The molecule has 2 aromatic rings. The highest BCUT2D eigenvalue weighted by Gasteiger charge is 1.99. The molecular formula is C13H11FS. The van der Waals surface area contributed by atoms with Gasteiger partial charge < -0.3 is 0 Å². The summed E-state index contributed by atoms with van der Waals surface area (Å²) in [6.45, 7) is 2.08. The maximum atomic E-state index is 12.7. The highest BCUT2D eigenvalue weighted by molar-refractivity contribution is 7.99. The van der Waals surface area contributed by atoms with Crippen molar-refractivity contribution in [1.82, 2.24) is 0 Å². The monoisotopic (exact) mass is 218 g/mol. The Bertz CT molecular complexity index is 448. The van der Waals surface area contributed by atoms with Crippen LogP contribution in [0.4, 0.5) is 4.39 Å². The van der Waals surface area contributed by atoms with Crippen LogP contribution in [-0.2, 0) is 0 Å². The van der Waals surface area contributed by atoms with E-state index in [-0.39, 0.29) is 5.82 Å². The van der Waals surface area contributed by atoms with Gasteiger partial charge in [0.2, 0.25) is 0 Å². The number of hydrogen-bond acceptors (Lipinski definition) is 1. The van der Waals surface area contributed by atoms with Gasteiger partial charge in [-0.3, -0.25) is 0 Å². The molecule has 0 N–H and O–H groups in total. The standard InChI is InChI=1S/C13H11FS/c1-10-4-2-3-5-13(10)15-12-8-6-11(14)7-9-12/h2-9H,1H3. The van der Waals surface area contributed by atoms with Gasteiger partial charge in [-0.25, -0.2) is 4.39 Å². The summed E-state index contributed by atoms with van der Waals surface area (Å²) in [6.07, 6.45) is 0. The number of rotatable bonds is 2. The zero-order valence-electron chi connectivity index (χ0n) is 8.41. The van der Waals surface area contributed by atoms with Crippen LogP contribution >= 0.6 is 11.8 Å². The maximum Gasteiger partial charge on any atom is 0.123 e. The van der Waals surface area contributed by atoms with Crippen LogP contribution in [0.2, 0.25) is 0 Å². The third-order valence-electron chi connectivity index (χ3n) is 2.14. The van der Waals surface area contributed by atoms with Crippen molar-refractivity contribution in [3.8, 4) is 0 Å². The van der Waals surface area contributed by atoms with Gasteiger partial charge in [-0.2, -0.15) is 0 Å². The van der Waals surface area contributed by atoms with Gasteiger partial charge in [0.15, 0.2) is 0 Å². The van der Waals surface area contributed by atoms with Crippen LogP contribution in [0.5, 0.6) is 0 Å². The summed E-state index contributed by atoms with van der Waals surface area (Å²) < 4.78 is 12.7. The predicted octanol–water partition coefficient (Wildman–Crippen LogP) is 4.29. The smallest absolute Gasteiger partial charge is 0.123 e. The molecule has 0 saturated heterocycles. The second kappa shape index (κ2) is 4.49. The summed E-state index contributed by atoms with van der Waals surface area (Å²) in [7, 11) is 0. The molecule has 0 atom stereocenters. The minimum absolute atomic E-state index is 0.191. The van der Waals surface area contributed by atoms with Crippen molar-refractivity contribution in [2.75, 3.05) is 0 Å². The van der Waals surface area contributed by atoms with Gasteiger partial charge in [0.1, 0.15) is 5.82 Å². The molecular weight excluding hydrogens is 207 g/mol. The lowest BCUT2D eigenvalue weighted by molar-refractivity contribution is 0.626. The summed E-state index contributed by atoms with van der Waals surface area (Å²) in [5.41, 5.74) is 1.24. The van der Waals surface area contributed by atoms with Gasteiger partial charge >= 0.3 is 0 Å². The number of hydrogen-bond donors (Lipinski definition) is 0. The minimum Gasteiger partial charge on any atom is -0.207 e. The average molecular weight is 218 g/mol. The van der Waals surface area contributed by atoms with Crippen LogP contribution in [0.1, 0.15) is 5.56 Å². The number of benzene rings is 2. The topological polar surface area (TPSA) is 0 Å². The highest BCUT2D eigenvalue weighted by atomic mass is 32.2. The molecule has 2 heteroatoms. The zero-order valence-corrected chi connectivity index (χ0v) is 9.22. The van der Waals surface area contributed by atoms with Crippen LogP contribution in [0.15, 0.2) is 58.3 Å². The van der Waals surface area contributed by atoms with Gasteiger partial charge in [-0.05, 0) is 42.8 Å². The molecule has 2 rings (SSSR count). The minimum atomic E-state index is -0.191. The van der Waals surface area contributed by atoms with E-state index in [2.05, 4.69) is 19.1 Å². The van der Waals surface area contributed by atoms with E-state index in [4.69, 9.17) is 0 Å². The second-order valence-corrected chi connectivity index (χ2v) is 4.44. The zero-order chi connectivity index (χ0) is 10.7. The molecule has 0 nitrogen and oxygen atoms in total. The van der Waals surface area contributed by atoms with Crippen molar-refractivity contribution in [2.45, 2.75) is 16.7 Å². The lowest BCUT2D eigenvalue weighted by Gasteiger charge is -2.04. The van der Waals surface area contributed by atoms with Gasteiger partial charge in [-0.1, -0.05) is 30.0 Å². The fourth-order valence-corrected chi connectivity index (χ4v) is 2.20. The first-order chi connectivity index (χ1) is 7.25. The van der Waals surface area contributed by atoms with E-state index < -0.39 is 0 Å². The summed E-state index contributed by atoms with van der Waals surface area (Å²) >= 11 is 1.66. The summed E-state index contributed by atoms with van der Waals surface area (Å²) in [5.74, 6) is -0.191. The molecule has 15 heavy (non-hydrogen) atoms. The molecule has 0 spiro atoms. The molecule has 0 fully saturated rings. The molecule has 2 aromatic carbocycles. The SMILES string of the molecule is Cc1ccccc1Sc1ccc(F)cc1. The van der Waals surface area contributed by atoms with Gasteiger partial charge in [0.05, 0.1) is 0 Å². The van der Waals surface area contributed by atoms with E-state index in [1.807, 2.05) is 12.1 Å². The van der Waals surface area contributed by atoms with Crippen molar-refractivity contribution in [1.29, 1.82) is 0 Å². The molecule has 0 radical (unpaired) electrons. The Morgan fingerprint density at radius 2 is 1.60 bits per heavy atom. The molecule has 76 valence electrons. The number of aryl methyl sites for hydroxylation is 1.